The van der Waals surface area contributed by atoms with Crippen molar-refractivity contribution in [3.63, 3.8) is 0 Å². The molecule has 112 valence electrons. The second kappa shape index (κ2) is 5.75. The van der Waals surface area contributed by atoms with Gasteiger partial charge >= 0.3 is 0 Å². The minimum atomic E-state index is -0.404. The molecule has 0 bridgehead atoms. The Morgan fingerprint density at radius 1 is 1.19 bits per heavy atom. The third-order valence-electron chi connectivity index (χ3n) is 3.91. The zero-order chi connectivity index (χ0) is 14.8. The van der Waals surface area contributed by atoms with Gasteiger partial charge in [0.1, 0.15) is 12.2 Å². The molecule has 2 aromatic heterocycles. The highest BCUT2D eigenvalue weighted by Gasteiger charge is 2.26. The van der Waals surface area contributed by atoms with Crippen molar-refractivity contribution < 1.29 is 4.39 Å². The first-order valence-electron chi connectivity index (χ1n) is 7.27. The number of nitrogens with zero attached hydrogens (tertiary/aromatic N) is 6. The quantitative estimate of drug-likeness (QED) is 0.867. The first kappa shape index (κ1) is 13.9. The maximum absolute atomic E-state index is 12.9. The molecule has 1 saturated heterocycles. The Balaban J connectivity index is 1.67. The summed E-state index contributed by atoms with van der Waals surface area (Å²) in [5.74, 6) is 1.66. The summed E-state index contributed by atoms with van der Waals surface area (Å²) in [6, 6.07) is 0.369. The van der Waals surface area contributed by atoms with Crippen LogP contribution in [0.1, 0.15) is 44.5 Å². The highest BCUT2D eigenvalue weighted by molar-refractivity contribution is 5.29. The highest BCUT2D eigenvalue weighted by atomic mass is 19.1. The van der Waals surface area contributed by atoms with E-state index in [0.717, 1.165) is 31.8 Å². The van der Waals surface area contributed by atoms with Gasteiger partial charge in [-0.25, -0.2) is 14.4 Å². The maximum Gasteiger partial charge on any atom is 0.225 e. The molecule has 1 aliphatic rings. The fourth-order valence-electron chi connectivity index (χ4n) is 2.75. The molecule has 0 atom stereocenters. The van der Waals surface area contributed by atoms with Gasteiger partial charge in [-0.15, -0.1) is 10.2 Å². The fraction of sp³-hybridized carbons (Fsp3) is 0.571. The second-order valence-electron chi connectivity index (χ2n) is 5.65. The summed E-state index contributed by atoms with van der Waals surface area (Å²) in [6.45, 7) is 5.96. The lowest BCUT2D eigenvalue weighted by Gasteiger charge is -2.31. The van der Waals surface area contributed by atoms with Gasteiger partial charge in [0.15, 0.2) is 5.82 Å². The average Bonchev–Trinajstić information content (AvgIpc) is 2.98. The van der Waals surface area contributed by atoms with Gasteiger partial charge in [0.25, 0.3) is 0 Å². The molecule has 0 aromatic carbocycles. The van der Waals surface area contributed by atoms with Crippen LogP contribution in [0.2, 0.25) is 0 Å². The molecule has 0 radical (unpaired) electrons. The Labute approximate surface area is 123 Å². The van der Waals surface area contributed by atoms with Gasteiger partial charge in [-0.05, 0) is 26.7 Å². The van der Waals surface area contributed by atoms with Crippen molar-refractivity contribution in [2.45, 2.75) is 38.6 Å². The third kappa shape index (κ3) is 2.86. The van der Waals surface area contributed by atoms with Gasteiger partial charge in [0, 0.05) is 25.0 Å². The van der Waals surface area contributed by atoms with E-state index in [1.807, 2.05) is 0 Å². The van der Waals surface area contributed by atoms with Crippen molar-refractivity contribution in [3.05, 3.63) is 30.4 Å². The summed E-state index contributed by atoms with van der Waals surface area (Å²) in [5.41, 5.74) is 0. The second-order valence-corrected chi connectivity index (χ2v) is 5.65. The molecule has 6 nitrogen and oxygen atoms in total. The molecule has 0 aliphatic carbocycles. The summed E-state index contributed by atoms with van der Waals surface area (Å²) < 4.78 is 15.0. The molecule has 3 rings (SSSR count). The Bertz CT molecular complexity index is 586. The molecular weight excluding hydrogens is 271 g/mol. The lowest BCUT2D eigenvalue weighted by atomic mass is 9.96. The van der Waals surface area contributed by atoms with Crippen LogP contribution in [0.25, 0.3) is 0 Å². The number of halogens is 1. The van der Waals surface area contributed by atoms with E-state index in [4.69, 9.17) is 0 Å². The molecule has 0 unspecified atom stereocenters. The molecule has 0 saturated carbocycles. The van der Waals surface area contributed by atoms with Crippen molar-refractivity contribution in [1.29, 1.82) is 0 Å². The number of hydrogen-bond donors (Lipinski definition) is 0. The Morgan fingerprint density at radius 3 is 2.48 bits per heavy atom. The number of hydrogen-bond acceptors (Lipinski definition) is 5. The van der Waals surface area contributed by atoms with E-state index in [1.165, 1.54) is 12.4 Å². The first-order valence-corrected chi connectivity index (χ1v) is 7.27. The molecule has 21 heavy (non-hydrogen) atoms. The van der Waals surface area contributed by atoms with Crippen LogP contribution in [0, 0.1) is 5.82 Å². The number of aromatic nitrogens is 5. The van der Waals surface area contributed by atoms with Crippen LogP contribution in [0.15, 0.2) is 18.7 Å². The number of rotatable bonds is 3. The molecule has 2 aromatic rings. The largest absolute Gasteiger partial charge is 0.341 e. The van der Waals surface area contributed by atoms with E-state index in [2.05, 4.69) is 43.5 Å². The lowest BCUT2D eigenvalue weighted by Crippen LogP contribution is -2.35. The van der Waals surface area contributed by atoms with Gasteiger partial charge in [-0.1, -0.05) is 0 Å². The molecule has 1 fully saturated rings. The molecule has 0 N–H and O–H groups in total. The summed E-state index contributed by atoms with van der Waals surface area (Å²) in [5, 5.41) is 8.32. The number of anilines is 1. The molecule has 1 aliphatic heterocycles. The van der Waals surface area contributed by atoms with E-state index in [9.17, 15) is 4.39 Å². The van der Waals surface area contributed by atoms with Crippen molar-refractivity contribution in [1.82, 2.24) is 24.7 Å². The van der Waals surface area contributed by atoms with Gasteiger partial charge in [-0.3, -0.25) is 0 Å². The van der Waals surface area contributed by atoms with Crippen LogP contribution in [-0.2, 0) is 0 Å². The molecule has 3 heterocycles. The minimum Gasteiger partial charge on any atom is -0.341 e. The van der Waals surface area contributed by atoms with Crippen molar-refractivity contribution >= 4 is 5.95 Å². The predicted octanol–water partition coefficient (Wildman–Crippen LogP) is 2.17. The van der Waals surface area contributed by atoms with Crippen LogP contribution in [-0.4, -0.2) is 37.8 Å². The minimum absolute atomic E-state index is 0.369. The topological polar surface area (TPSA) is 59.7 Å². The SMILES string of the molecule is CC(C)n1cnnc1C1CCN(c2ncc(F)cn2)CC1. The van der Waals surface area contributed by atoms with Gasteiger partial charge in [0.05, 0.1) is 12.4 Å². The zero-order valence-corrected chi connectivity index (χ0v) is 12.3. The smallest absolute Gasteiger partial charge is 0.225 e. The normalized spacial score (nSPS) is 16.7. The van der Waals surface area contributed by atoms with E-state index in [0.29, 0.717) is 17.9 Å². The van der Waals surface area contributed by atoms with Gasteiger partial charge < -0.3 is 9.47 Å². The zero-order valence-electron chi connectivity index (χ0n) is 12.3. The van der Waals surface area contributed by atoms with Crippen LogP contribution >= 0.6 is 0 Å². The standard InChI is InChI=1S/C14H19FN6/c1-10(2)21-9-18-19-13(21)11-3-5-20(6-4-11)14-16-7-12(15)8-17-14/h7-11H,3-6H2,1-2H3. The number of piperidine rings is 1. The predicted molar refractivity (Wildman–Crippen MR) is 76.6 cm³/mol. The van der Waals surface area contributed by atoms with Gasteiger partial charge in [-0.2, -0.15) is 0 Å². The van der Waals surface area contributed by atoms with E-state index >= 15 is 0 Å². The fourth-order valence-corrected chi connectivity index (χ4v) is 2.75. The van der Waals surface area contributed by atoms with Crippen LogP contribution in [0.5, 0.6) is 0 Å². The van der Waals surface area contributed by atoms with Gasteiger partial charge in [0.2, 0.25) is 5.95 Å². The maximum atomic E-state index is 12.9. The van der Waals surface area contributed by atoms with E-state index in [1.54, 1.807) is 6.33 Å². The van der Waals surface area contributed by atoms with E-state index < -0.39 is 5.82 Å². The summed E-state index contributed by atoms with van der Waals surface area (Å²) in [6.07, 6.45) is 6.18. The lowest BCUT2D eigenvalue weighted by molar-refractivity contribution is 0.445. The Hall–Kier alpha value is -2.05. The van der Waals surface area contributed by atoms with Crippen LogP contribution in [0.3, 0.4) is 0 Å². The molecule has 7 heteroatoms. The summed E-state index contributed by atoms with van der Waals surface area (Å²) >= 11 is 0. The van der Waals surface area contributed by atoms with Crippen LogP contribution < -0.4 is 4.90 Å². The summed E-state index contributed by atoms with van der Waals surface area (Å²) in [7, 11) is 0. The Kier molecular flexibility index (Phi) is 3.81. The molecule has 0 amide bonds. The first-order chi connectivity index (χ1) is 10.1. The van der Waals surface area contributed by atoms with Crippen molar-refractivity contribution in [2.75, 3.05) is 18.0 Å². The van der Waals surface area contributed by atoms with E-state index in [-0.39, 0.29) is 0 Å². The third-order valence-corrected chi connectivity index (χ3v) is 3.91. The monoisotopic (exact) mass is 290 g/mol. The average molecular weight is 290 g/mol. The highest BCUT2D eigenvalue weighted by Crippen LogP contribution is 2.29. The van der Waals surface area contributed by atoms with Crippen molar-refractivity contribution in [2.24, 2.45) is 0 Å². The molecule has 0 spiro atoms. The molecular formula is C14H19FN6. The van der Waals surface area contributed by atoms with Crippen LogP contribution in [0.4, 0.5) is 10.3 Å². The summed E-state index contributed by atoms with van der Waals surface area (Å²) in [4.78, 5) is 10.2. The van der Waals surface area contributed by atoms with Crippen molar-refractivity contribution in [3.8, 4) is 0 Å². The Morgan fingerprint density at radius 2 is 1.86 bits per heavy atom.